The summed E-state index contributed by atoms with van der Waals surface area (Å²) in [5, 5.41) is 13.8. The van der Waals surface area contributed by atoms with Crippen LogP contribution >= 0.6 is 0 Å². The van der Waals surface area contributed by atoms with Gasteiger partial charge in [-0.05, 0) is 97.7 Å². The summed E-state index contributed by atoms with van der Waals surface area (Å²) >= 11 is 0. The van der Waals surface area contributed by atoms with Crippen molar-refractivity contribution < 1.29 is 0 Å². The van der Waals surface area contributed by atoms with E-state index < -0.39 is 0 Å². The van der Waals surface area contributed by atoms with Crippen molar-refractivity contribution in [3.8, 4) is 22.5 Å². The number of nitrogens with zero attached hydrogens (tertiary/aromatic N) is 3. The van der Waals surface area contributed by atoms with E-state index in [1.807, 2.05) is 0 Å². The second-order valence-corrected chi connectivity index (χ2v) is 15.5. The Morgan fingerprint density at radius 3 is 2.04 bits per heavy atom. The summed E-state index contributed by atoms with van der Waals surface area (Å²) in [5.74, 6) is 0.785. The number of aryl methyl sites for hydroxylation is 1. The van der Waals surface area contributed by atoms with Gasteiger partial charge in [-0.25, -0.2) is 9.97 Å². The molecular formula is C53H33N3. The van der Waals surface area contributed by atoms with Crippen molar-refractivity contribution in [2.24, 2.45) is 0 Å². The molecule has 12 aromatic rings. The molecule has 1 unspecified atom stereocenters. The lowest BCUT2D eigenvalue weighted by Gasteiger charge is -2.22. The molecular weight excluding hydrogens is 679 g/mol. The normalized spacial score (nSPS) is 14.5. The maximum absolute atomic E-state index is 5.77. The number of para-hydroxylation sites is 2. The summed E-state index contributed by atoms with van der Waals surface area (Å²) in [6.45, 7) is 0. The smallest absolute Gasteiger partial charge is 0.160 e. The van der Waals surface area contributed by atoms with Crippen LogP contribution in [0.15, 0.2) is 170 Å². The second kappa shape index (κ2) is 11.2. The fourth-order valence-corrected chi connectivity index (χ4v) is 10.4. The van der Waals surface area contributed by atoms with E-state index in [0.29, 0.717) is 0 Å². The Kier molecular flexibility index (Phi) is 6.06. The molecule has 0 spiro atoms. The zero-order valence-electron chi connectivity index (χ0n) is 30.5. The highest BCUT2D eigenvalue weighted by Gasteiger charge is 2.33. The number of hydrogen-bond donors (Lipinski definition) is 0. The Balaban J connectivity index is 1.21. The van der Waals surface area contributed by atoms with Gasteiger partial charge in [0, 0.05) is 38.4 Å². The highest BCUT2D eigenvalue weighted by molar-refractivity contribution is 6.31. The molecule has 3 aromatic heterocycles. The van der Waals surface area contributed by atoms with Crippen molar-refractivity contribution in [2.75, 3.05) is 0 Å². The molecule has 0 aliphatic heterocycles. The lowest BCUT2D eigenvalue weighted by atomic mass is 9.82. The predicted molar refractivity (Wildman–Crippen MR) is 234 cm³/mol. The fourth-order valence-electron chi connectivity index (χ4n) is 10.4. The van der Waals surface area contributed by atoms with Crippen LogP contribution in [0.3, 0.4) is 0 Å². The van der Waals surface area contributed by atoms with Gasteiger partial charge in [0.2, 0.25) is 0 Å². The van der Waals surface area contributed by atoms with Crippen molar-refractivity contribution in [3.63, 3.8) is 0 Å². The number of rotatable bonds is 2. The fraction of sp³-hybridized carbons (Fsp3) is 0.0566. The molecule has 56 heavy (non-hydrogen) atoms. The molecule has 3 nitrogen and oxygen atoms in total. The molecule has 13 rings (SSSR count). The molecule has 0 saturated carbocycles. The van der Waals surface area contributed by atoms with Crippen molar-refractivity contribution in [1.82, 2.24) is 14.4 Å². The molecule has 9 aromatic carbocycles. The summed E-state index contributed by atoms with van der Waals surface area (Å²) < 4.78 is 2.54. The first-order valence-electron chi connectivity index (χ1n) is 19.7. The molecule has 260 valence electrons. The topological polar surface area (TPSA) is 30.2 Å². The number of hydrogen-bond acceptors (Lipinski definition) is 2. The molecule has 3 heteroatoms. The van der Waals surface area contributed by atoms with E-state index in [4.69, 9.17) is 9.97 Å². The van der Waals surface area contributed by atoms with Gasteiger partial charge in [-0.2, -0.15) is 0 Å². The zero-order valence-corrected chi connectivity index (χ0v) is 30.5. The monoisotopic (exact) mass is 711 g/mol. The van der Waals surface area contributed by atoms with Crippen LogP contribution in [0, 0.1) is 0 Å². The lowest BCUT2D eigenvalue weighted by molar-refractivity contribution is 0.715. The first-order valence-corrected chi connectivity index (χ1v) is 19.7. The standard InChI is InChI=1S/C53H33N3/c1-4-16-34-31(13-1)25-27-41(51-40-22-9-11-23-45(40)54-53(55-51)44-29-33-15-3-5-17-35(33)37-19-7-8-20-38(37)44)48-42(34)30-43-39-21-10-12-24-46(39)56-47-28-26-32-14-2-6-18-36(32)49(47)50(48)52(43)56/h1-24,26,28-30,41H,25,27H2. The zero-order chi connectivity index (χ0) is 36.5. The van der Waals surface area contributed by atoms with Crippen LogP contribution in [0.5, 0.6) is 0 Å². The summed E-state index contributed by atoms with van der Waals surface area (Å²) in [6.07, 6.45) is 1.89. The summed E-state index contributed by atoms with van der Waals surface area (Å²) in [5.41, 5.74) is 12.4. The highest BCUT2D eigenvalue weighted by atomic mass is 14.9. The number of benzene rings is 9. The van der Waals surface area contributed by atoms with E-state index >= 15 is 0 Å². The van der Waals surface area contributed by atoms with Gasteiger partial charge in [-0.1, -0.05) is 140 Å². The van der Waals surface area contributed by atoms with E-state index in [9.17, 15) is 0 Å². The highest BCUT2D eigenvalue weighted by Crippen LogP contribution is 2.52. The molecule has 0 amide bonds. The number of fused-ring (bicyclic) bond motifs is 16. The van der Waals surface area contributed by atoms with Crippen LogP contribution in [0.2, 0.25) is 0 Å². The molecule has 0 N–H and O–H groups in total. The van der Waals surface area contributed by atoms with Gasteiger partial charge in [0.15, 0.2) is 5.82 Å². The van der Waals surface area contributed by atoms with Gasteiger partial charge in [0.1, 0.15) is 0 Å². The van der Waals surface area contributed by atoms with E-state index in [2.05, 4.69) is 174 Å². The van der Waals surface area contributed by atoms with Gasteiger partial charge in [-0.15, -0.1) is 0 Å². The third kappa shape index (κ3) is 4.01. The van der Waals surface area contributed by atoms with Crippen LogP contribution < -0.4 is 0 Å². The van der Waals surface area contributed by atoms with Gasteiger partial charge in [0.25, 0.3) is 0 Å². The van der Waals surface area contributed by atoms with Crippen molar-refractivity contribution in [1.29, 1.82) is 0 Å². The van der Waals surface area contributed by atoms with Gasteiger partial charge >= 0.3 is 0 Å². The molecule has 0 fully saturated rings. The average Bonchev–Trinajstić information content (AvgIpc) is 3.73. The Morgan fingerprint density at radius 1 is 0.446 bits per heavy atom. The second-order valence-electron chi connectivity index (χ2n) is 15.5. The SMILES string of the molecule is c1ccc2c(c1)CCC(c1nc(-c3cc4ccccc4c4ccccc34)nc3ccccc13)c1c-2cc2c3ccccc3n3c4ccc5ccccc5c4c1c23. The quantitative estimate of drug-likeness (QED) is 0.167. The van der Waals surface area contributed by atoms with Crippen LogP contribution in [-0.2, 0) is 6.42 Å². The van der Waals surface area contributed by atoms with E-state index in [0.717, 1.165) is 40.8 Å². The summed E-state index contributed by atoms with van der Waals surface area (Å²) in [7, 11) is 0. The first kappa shape index (κ1) is 30.3. The molecule has 0 saturated heterocycles. The molecule has 0 bridgehead atoms. The number of aromatic nitrogens is 3. The third-order valence-corrected chi connectivity index (χ3v) is 12.7. The van der Waals surface area contributed by atoms with Gasteiger partial charge < -0.3 is 4.40 Å². The Labute approximate surface area is 322 Å². The largest absolute Gasteiger partial charge is 0.308 e. The predicted octanol–water partition coefficient (Wildman–Crippen LogP) is 13.7. The van der Waals surface area contributed by atoms with Gasteiger partial charge in [0.05, 0.1) is 27.8 Å². The van der Waals surface area contributed by atoms with Crippen molar-refractivity contribution in [3.05, 3.63) is 187 Å². The summed E-state index contributed by atoms with van der Waals surface area (Å²) in [4.78, 5) is 11.1. The summed E-state index contributed by atoms with van der Waals surface area (Å²) in [6, 6.07) is 62.5. The van der Waals surface area contributed by atoms with Crippen molar-refractivity contribution >= 4 is 81.3 Å². The Hall–Kier alpha value is -7.10. The third-order valence-electron chi connectivity index (χ3n) is 12.7. The maximum Gasteiger partial charge on any atom is 0.160 e. The average molecular weight is 712 g/mol. The minimum atomic E-state index is 0.00607. The van der Waals surface area contributed by atoms with E-state index in [1.165, 1.54) is 92.7 Å². The lowest BCUT2D eigenvalue weighted by Crippen LogP contribution is -2.09. The molecule has 1 aliphatic rings. The Morgan fingerprint density at radius 2 is 1.14 bits per heavy atom. The van der Waals surface area contributed by atoms with E-state index in [-0.39, 0.29) is 5.92 Å². The van der Waals surface area contributed by atoms with Crippen LogP contribution in [0.4, 0.5) is 0 Å². The van der Waals surface area contributed by atoms with Crippen LogP contribution in [-0.4, -0.2) is 14.4 Å². The van der Waals surface area contributed by atoms with Crippen LogP contribution in [0.25, 0.3) is 104 Å². The minimum Gasteiger partial charge on any atom is -0.308 e. The molecule has 0 radical (unpaired) electrons. The first-order chi connectivity index (χ1) is 27.8. The minimum absolute atomic E-state index is 0.00607. The maximum atomic E-state index is 5.77. The molecule has 1 atom stereocenters. The molecule has 3 heterocycles. The van der Waals surface area contributed by atoms with E-state index in [1.54, 1.807) is 0 Å². The molecule has 1 aliphatic carbocycles. The van der Waals surface area contributed by atoms with Gasteiger partial charge in [-0.3, -0.25) is 0 Å². The van der Waals surface area contributed by atoms with Crippen LogP contribution in [0.1, 0.15) is 29.2 Å². The van der Waals surface area contributed by atoms with Crippen molar-refractivity contribution in [2.45, 2.75) is 18.8 Å². The Bertz CT molecular complexity index is 3610.